The standard InChI is InChI=1S/C20H14ClFN4O/c1-23-20(27)16-8-13(4-7-17(16)21)18-9-15-10-19(25-26(15)11-24-18)12-2-5-14(22)6-3-12/h2-11H,1H3,(H,23,27). The van der Waals surface area contributed by atoms with Crippen molar-refractivity contribution >= 4 is 23.0 Å². The lowest BCUT2D eigenvalue weighted by atomic mass is 10.1. The molecule has 2 aromatic heterocycles. The number of hydrogen-bond donors (Lipinski definition) is 1. The maximum absolute atomic E-state index is 13.1. The molecule has 7 heteroatoms. The van der Waals surface area contributed by atoms with Gasteiger partial charge in [0, 0.05) is 18.2 Å². The van der Waals surface area contributed by atoms with E-state index in [2.05, 4.69) is 15.4 Å². The van der Waals surface area contributed by atoms with Gasteiger partial charge in [0.1, 0.15) is 12.1 Å². The van der Waals surface area contributed by atoms with Crippen molar-refractivity contribution in [2.45, 2.75) is 0 Å². The van der Waals surface area contributed by atoms with Gasteiger partial charge in [-0.25, -0.2) is 13.9 Å². The maximum Gasteiger partial charge on any atom is 0.252 e. The molecule has 0 unspecified atom stereocenters. The first-order chi connectivity index (χ1) is 13.0. The molecule has 4 rings (SSSR count). The van der Waals surface area contributed by atoms with Crippen LogP contribution in [-0.4, -0.2) is 27.6 Å². The number of carbonyl (C=O) groups is 1. The fraction of sp³-hybridized carbons (Fsp3) is 0.0500. The predicted octanol–water partition coefficient (Wildman–Crippen LogP) is 4.22. The van der Waals surface area contributed by atoms with Crippen molar-refractivity contribution in [3.63, 3.8) is 0 Å². The average molecular weight is 381 g/mol. The number of benzene rings is 2. The molecule has 2 heterocycles. The molecule has 4 aromatic rings. The summed E-state index contributed by atoms with van der Waals surface area (Å²) < 4.78 is 14.8. The van der Waals surface area contributed by atoms with Crippen molar-refractivity contribution in [1.82, 2.24) is 19.9 Å². The molecule has 0 saturated carbocycles. The van der Waals surface area contributed by atoms with Gasteiger partial charge in [-0.05, 0) is 48.5 Å². The number of hydrogen-bond acceptors (Lipinski definition) is 3. The molecular formula is C20H14ClFN4O. The summed E-state index contributed by atoms with van der Waals surface area (Å²) in [5.41, 5.74) is 4.21. The van der Waals surface area contributed by atoms with Gasteiger partial charge in [0.25, 0.3) is 5.91 Å². The highest BCUT2D eigenvalue weighted by atomic mass is 35.5. The van der Waals surface area contributed by atoms with Crippen molar-refractivity contribution in [2.75, 3.05) is 7.05 Å². The molecule has 0 fully saturated rings. The summed E-state index contributed by atoms with van der Waals surface area (Å²) in [5.74, 6) is -0.549. The fourth-order valence-corrected chi connectivity index (χ4v) is 3.02. The van der Waals surface area contributed by atoms with Crippen LogP contribution in [0.1, 0.15) is 10.4 Å². The zero-order valence-electron chi connectivity index (χ0n) is 14.3. The third-order valence-electron chi connectivity index (χ3n) is 4.23. The third kappa shape index (κ3) is 3.27. The highest BCUT2D eigenvalue weighted by Gasteiger charge is 2.12. The Balaban J connectivity index is 1.76. The van der Waals surface area contributed by atoms with Crippen LogP contribution >= 0.6 is 11.6 Å². The van der Waals surface area contributed by atoms with Gasteiger partial charge < -0.3 is 5.32 Å². The first-order valence-electron chi connectivity index (χ1n) is 8.18. The molecule has 2 aromatic carbocycles. The van der Waals surface area contributed by atoms with Gasteiger partial charge in [-0.2, -0.15) is 5.10 Å². The molecule has 1 N–H and O–H groups in total. The first kappa shape index (κ1) is 17.2. The summed E-state index contributed by atoms with van der Waals surface area (Å²) in [6.45, 7) is 0. The Morgan fingerprint density at radius 2 is 1.74 bits per heavy atom. The minimum atomic E-state index is -0.291. The van der Waals surface area contributed by atoms with Gasteiger partial charge in [0.15, 0.2) is 0 Å². The first-order valence-corrected chi connectivity index (χ1v) is 8.56. The molecule has 27 heavy (non-hydrogen) atoms. The molecule has 5 nitrogen and oxygen atoms in total. The van der Waals surface area contributed by atoms with E-state index in [-0.39, 0.29) is 11.7 Å². The van der Waals surface area contributed by atoms with Crippen molar-refractivity contribution in [3.05, 3.63) is 77.3 Å². The molecule has 134 valence electrons. The Labute approximate surface area is 159 Å². The van der Waals surface area contributed by atoms with Crippen LogP contribution in [0.25, 0.3) is 28.0 Å². The number of rotatable bonds is 3. The van der Waals surface area contributed by atoms with E-state index in [9.17, 15) is 9.18 Å². The molecule has 0 saturated heterocycles. The number of carbonyl (C=O) groups excluding carboxylic acids is 1. The van der Waals surface area contributed by atoms with Crippen LogP contribution in [0.2, 0.25) is 5.02 Å². The Hall–Kier alpha value is -3.25. The number of fused-ring (bicyclic) bond motifs is 1. The quantitative estimate of drug-likeness (QED) is 0.579. The second-order valence-electron chi connectivity index (χ2n) is 5.95. The zero-order chi connectivity index (χ0) is 19.0. The summed E-state index contributed by atoms with van der Waals surface area (Å²) in [6.07, 6.45) is 1.60. The Bertz CT molecular complexity index is 1150. The lowest BCUT2D eigenvalue weighted by molar-refractivity contribution is 0.0963. The molecule has 0 radical (unpaired) electrons. The van der Waals surface area contributed by atoms with Crippen LogP contribution in [-0.2, 0) is 0 Å². The molecule has 0 spiro atoms. The van der Waals surface area contributed by atoms with Crippen molar-refractivity contribution in [1.29, 1.82) is 0 Å². The van der Waals surface area contributed by atoms with Gasteiger partial charge >= 0.3 is 0 Å². The van der Waals surface area contributed by atoms with Gasteiger partial charge in [-0.1, -0.05) is 17.7 Å². The minimum Gasteiger partial charge on any atom is -0.355 e. The van der Waals surface area contributed by atoms with Gasteiger partial charge in [0.2, 0.25) is 0 Å². The molecule has 0 bridgehead atoms. The van der Waals surface area contributed by atoms with E-state index in [1.54, 1.807) is 42.2 Å². The van der Waals surface area contributed by atoms with E-state index in [1.165, 1.54) is 12.1 Å². The van der Waals surface area contributed by atoms with Crippen LogP contribution in [0, 0.1) is 5.82 Å². The summed E-state index contributed by atoms with van der Waals surface area (Å²) in [4.78, 5) is 16.4. The second kappa shape index (κ2) is 6.81. The molecule has 0 aliphatic rings. The van der Waals surface area contributed by atoms with Crippen LogP contribution < -0.4 is 5.32 Å². The fourth-order valence-electron chi connectivity index (χ4n) is 2.82. The highest BCUT2D eigenvalue weighted by Crippen LogP contribution is 2.26. The van der Waals surface area contributed by atoms with Crippen molar-refractivity contribution < 1.29 is 9.18 Å². The molecular weight excluding hydrogens is 367 g/mol. The smallest absolute Gasteiger partial charge is 0.252 e. The number of halogens is 2. The normalized spacial score (nSPS) is 10.9. The molecule has 1 amide bonds. The summed E-state index contributed by atoms with van der Waals surface area (Å²) >= 11 is 6.11. The molecule has 0 aliphatic carbocycles. The lowest BCUT2D eigenvalue weighted by Gasteiger charge is -2.06. The summed E-state index contributed by atoms with van der Waals surface area (Å²) in [6, 6.07) is 15.1. The van der Waals surface area contributed by atoms with E-state index in [4.69, 9.17) is 11.6 Å². The lowest BCUT2D eigenvalue weighted by Crippen LogP contribution is -2.18. The SMILES string of the molecule is CNC(=O)c1cc(-c2cc3cc(-c4ccc(F)cc4)nn3cn2)ccc1Cl. The summed E-state index contributed by atoms with van der Waals surface area (Å²) in [5, 5.41) is 7.42. The molecule has 0 atom stereocenters. The van der Waals surface area contributed by atoms with E-state index in [0.29, 0.717) is 16.3 Å². The Kier molecular flexibility index (Phi) is 4.33. The van der Waals surface area contributed by atoms with E-state index >= 15 is 0 Å². The third-order valence-corrected chi connectivity index (χ3v) is 4.56. The largest absolute Gasteiger partial charge is 0.355 e. The van der Waals surface area contributed by atoms with Gasteiger partial charge in [-0.15, -0.1) is 0 Å². The molecule has 0 aliphatic heterocycles. The average Bonchev–Trinajstić information content (AvgIpc) is 3.11. The highest BCUT2D eigenvalue weighted by molar-refractivity contribution is 6.34. The van der Waals surface area contributed by atoms with Crippen LogP contribution in [0.3, 0.4) is 0 Å². The van der Waals surface area contributed by atoms with E-state index < -0.39 is 0 Å². The number of aromatic nitrogens is 3. The number of nitrogens with zero attached hydrogens (tertiary/aromatic N) is 3. The van der Waals surface area contributed by atoms with Crippen LogP contribution in [0.15, 0.2) is 60.9 Å². The topological polar surface area (TPSA) is 59.3 Å². The maximum atomic E-state index is 13.1. The van der Waals surface area contributed by atoms with Crippen molar-refractivity contribution in [2.24, 2.45) is 0 Å². The van der Waals surface area contributed by atoms with Crippen LogP contribution in [0.4, 0.5) is 4.39 Å². The van der Waals surface area contributed by atoms with Crippen molar-refractivity contribution in [3.8, 4) is 22.5 Å². The van der Waals surface area contributed by atoms with E-state index in [1.807, 2.05) is 18.2 Å². The Morgan fingerprint density at radius 3 is 2.48 bits per heavy atom. The Morgan fingerprint density at radius 1 is 1.04 bits per heavy atom. The van der Waals surface area contributed by atoms with Crippen LogP contribution in [0.5, 0.6) is 0 Å². The van der Waals surface area contributed by atoms with Gasteiger partial charge in [-0.3, -0.25) is 4.79 Å². The summed E-state index contributed by atoms with van der Waals surface area (Å²) in [7, 11) is 1.55. The number of amides is 1. The second-order valence-corrected chi connectivity index (χ2v) is 6.36. The number of nitrogens with one attached hydrogen (secondary N) is 1. The minimum absolute atomic E-state index is 0.258. The van der Waals surface area contributed by atoms with E-state index in [0.717, 1.165) is 22.3 Å². The predicted molar refractivity (Wildman–Crippen MR) is 102 cm³/mol. The monoisotopic (exact) mass is 380 g/mol. The zero-order valence-corrected chi connectivity index (χ0v) is 15.0. The van der Waals surface area contributed by atoms with Gasteiger partial charge in [0.05, 0.1) is 27.5 Å².